The van der Waals surface area contributed by atoms with Crippen LogP contribution in [0.25, 0.3) is 21.2 Å². The van der Waals surface area contributed by atoms with E-state index < -0.39 is 0 Å². The highest BCUT2D eigenvalue weighted by Gasteiger charge is 2.32. The molecule has 0 radical (unpaired) electrons. The number of nitrogens with zero attached hydrogens (tertiary/aromatic N) is 1. The van der Waals surface area contributed by atoms with Crippen LogP contribution < -0.4 is 5.32 Å². The Morgan fingerprint density at radius 2 is 1.78 bits per heavy atom. The molecule has 3 aromatic carbocycles. The second-order valence-electron chi connectivity index (χ2n) is 9.50. The highest BCUT2D eigenvalue weighted by molar-refractivity contribution is 7.21. The Bertz CT molecular complexity index is 1470. The van der Waals surface area contributed by atoms with Gasteiger partial charge in [0.15, 0.2) is 0 Å². The zero-order valence-corrected chi connectivity index (χ0v) is 22.2. The van der Waals surface area contributed by atoms with Crippen LogP contribution in [0.15, 0.2) is 66.7 Å². The maximum Gasteiger partial charge on any atom is 0.266 e. The molecule has 0 saturated heterocycles. The van der Waals surface area contributed by atoms with Crippen molar-refractivity contribution >= 4 is 38.9 Å². The van der Waals surface area contributed by atoms with Crippen molar-refractivity contribution in [1.29, 1.82) is 0 Å². The van der Waals surface area contributed by atoms with Gasteiger partial charge in [-0.05, 0) is 74.2 Å². The minimum absolute atomic E-state index is 0.0105. The van der Waals surface area contributed by atoms with Gasteiger partial charge in [0.25, 0.3) is 5.91 Å². The van der Waals surface area contributed by atoms with Gasteiger partial charge >= 0.3 is 0 Å². The van der Waals surface area contributed by atoms with E-state index in [2.05, 4.69) is 11.2 Å². The Balaban J connectivity index is 1.50. The summed E-state index contributed by atoms with van der Waals surface area (Å²) in [5.41, 5.74) is 3.10. The van der Waals surface area contributed by atoms with E-state index in [9.17, 15) is 4.79 Å². The van der Waals surface area contributed by atoms with Gasteiger partial charge < -0.3 is 10.2 Å². The largest absolute Gasteiger partial charge is 0.330 e. The molecule has 3 nitrogen and oxygen atoms in total. The van der Waals surface area contributed by atoms with Crippen molar-refractivity contribution in [2.24, 2.45) is 0 Å². The lowest BCUT2D eigenvalue weighted by molar-refractivity contribution is 0.0604. The lowest BCUT2D eigenvalue weighted by Gasteiger charge is -2.37. The number of halogens is 2. The maximum absolute atomic E-state index is 15.2. The molecule has 0 unspecified atom stereocenters. The van der Waals surface area contributed by atoms with Gasteiger partial charge in [0.1, 0.15) is 10.7 Å². The predicted molar refractivity (Wildman–Crippen MR) is 152 cm³/mol. The van der Waals surface area contributed by atoms with E-state index in [0.717, 1.165) is 52.5 Å². The molecule has 37 heavy (non-hydrogen) atoms. The number of terminal acetylenes is 1. The molecular formula is C31H28ClFN2OS. The zero-order chi connectivity index (χ0) is 25.9. The molecule has 0 bridgehead atoms. The van der Waals surface area contributed by atoms with Crippen molar-refractivity contribution in [2.75, 3.05) is 7.05 Å². The van der Waals surface area contributed by atoms with Crippen molar-refractivity contribution in [3.8, 4) is 23.5 Å². The number of nitrogens with one attached hydrogen (secondary N) is 1. The first-order valence-corrected chi connectivity index (χ1v) is 13.7. The average molecular weight is 531 g/mol. The van der Waals surface area contributed by atoms with Crippen LogP contribution in [0.3, 0.4) is 0 Å². The van der Waals surface area contributed by atoms with Gasteiger partial charge in [0, 0.05) is 39.8 Å². The molecule has 1 fully saturated rings. The molecule has 1 aliphatic rings. The maximum atomic E-state index is 15.2. The molecular weight excluding hydrogens is 503 g/mol. The van der Waals surface area contributed by atoms with Crippen LogP contribution in [-0.4, -0.2) is 29.9 Å². The van der Waals surface area contributed by atoms with Gasteiger partial charge in [-0.3, -0.25) is 4.79 Å². The van der Waals surface area contributed by atoms with Crippen molar-refractivity contribution < 1.29 is 9.18 Å². The summed E-state index contributed by atoms with van der Waals surface area (Å²) in [5.74, 6) is 2.16. The fourth-order valence-electron chi connectivity index (χ4n) is 5.14. The summed E-state index contributed by atoms with van der Waals surface area (Å²) in [6.07, 6.45) is 9.13. The van der Waals surface area contributed by atoms with Crippen molar-refractivity contribution in [3.63, 3.8) is 0 Å². The van der Waals surface area contributed by atoms with Crippen LogP contribution in [0.4, 0.5) is 4.39 Å². The summed E-state index contributed by atoms with van der Waals surface area (Å²) in [6, 6.07) is 20.9. The molecule has 5 rings (SSSR count). The van der Waals surface area contributed by atoms with Crippen molar-refractivity contribution in [1.82, 2.24) is 10.2 Å². The summed E-state index contributed by atoms with van der Waals surface area (Å²) < 4.78 is 16.1. The number of carbonyl (C=O) groups excluding carboxylic acids is 1. The normalized spacial score (nSPS) is 17.5. The van der Waals surface area contributed by atoms with Crippen LogP contribution in [0.5, 0.6) is 0 Å². The Morgan fingerprint density at radius 3 is 2.46 bits per heavy atom. The van der Waals surface area contributed by atoms with Crippen LogP contribution >= 0.6 is 22.9 Å². The molecule has 1 amide bonds. The molecule has 1 heterocycles. The van der Waals surface area contributed by atoms with E-state index in [4.69, 9.17) is 18.0 Å². The van der Waals surface area contributed by atoms with E-state index in [1.165, 1.54) is 17.4 Å². The van der Waals surface area contributed by atoms with E-state index in [1.807, 2.05) is 66.5 Å². The summed E-state index contributed by atoms with van der Waals surface area (Å²) in [5, 5.41) is 4.70. The monoisotopic (exact) mass is 530 g/mol. The number of thiophene rings is 1. The van der Waals surface area contributed by atoms with Gasteiger partial charge in [-0.2, -0.15) is 0 Å². The van der Waals surface area contributed by atoms with Crippen LogP contribution in [0, 0.1) is 18.2 Å². The number of hydrogen-bond donors (Lipinski definition) is 1. The van der Waals surface area contributed by atoms with Crippen LogP contribution in [0.1, 0.15) is 46.5 Å². The summed E-state index contributed by atoms with van der Waals surface area (Å²) in [4.78, 5) is 16.4. The Hall–Kier alpha value is -3.17. The molecule has 1 N–H and O–H groups in total. The number of fused-ring (bicyclic) bond motifs is 1. The van der Waals surface area contributed by atoms with E-state index in [-0.39, 0.29) is 24.3 Å². The third kappa shape index (κ3) is 5.29. The molecule has 0 atom stereocenters. The highest BCUT2D eigenvalue weighted by atomic mass is 35.5. The summed E-state index contributed by atoms with van der Waals surface area (Å²) in [7, 11) is 1.97. The van der Waals surface area contributed by atoms with Crippen LogP contribution in [0.2, 0.25) is 5.02 Å². The van der Waals surface area contributed by atoms with Crippen molar-refractivity contribution in [2.45, 2.75) is 44.3 Å². The standard InChI is InChI=1S/C31H28ClFN2OS/c1-3-20-8-10-21(11-9-20)22-12-17-27(33)23(18-22)19-35(25-15-13-24(34-2)14-16-25)31(36)30-29(32)26-6-4-5-7-28(26)37-30/h1,4-12,17-18,24-25,34H,13-16,19H2,2H3/t24-,25-. The molecule has 188 valence electrons. The minimum atomic E-state index is -0.326. The fraction of sp³-hybridized carbons (Fsp3) is 0.258. The van der Waals surface area contributed by atoms with E-state index in [1.54, 1.807) is 6.07 Å². The van der Waals surface area contributed by atoms with Gasteiger partial charge in [0.2, 0.25) is 0 Å². The third-order valence-corrected chi connectivity index (χ3v) is 8.97. The first-order chi connectivity index (χ1) is 18.0. The number of amides is 1. The smallest absolute Gasteiger partial charge is 0.266 e. The van der Waals surface area contributed by atoms with Gasteiger partial charge in [-0.15, -0.1) is 17.8 Å². The molecule has 0 spiro atoms. The SMILES string of the molecule is C#Cc1ccc(-c2ccc(F)c(CN(C(=O)c3sc4ccccc4c3Cl)[C@H]3CC[C@H](NC)CC3)c2)cc1. The number of carbonyl (C=O) groups is 1. The molecule has 1 saturated carbocycles. The van der Waals surface area contributed by atoms with E-state index in [0.29, 0.717) is 21.5 Å². The average Bonchev–Trinajstić information content (AvgIpc) is 3.29. The predicted octanol–water partition coefficient (Wildman–Crippen LogP) is 7.52. The number of benzene rings is 3. The molecule has 6 heteroatoms. The topological polar surface area (TPSA) is 32.3 Å². The molecule has 1 aromatic heterocycles. The lowest BCUT2D eigenvalue weighted by Crippen LogP contribution is -2.44. The molecule has 0 aliphatic heterocycles. The Labute approximate surface area is 226 Å². The van der Waals surface area contributed by atoms with Gasteiger partial charge in [-0.1, -0.05) is 53.9 Å². The van der Waals surface area contributed by atoms with Gasteiger partial charge in [0.05, 0.1) is 5.02 Å². The number of hydrogen-bond acceptors (Lipinski definition) is 3. The Kier molecular flexibility index (Phi) is 7.62. The van der Waals surface area contributed by atoms with Crippen LogP contribution in [-0.2, 0) is 6.54 Å². The Morgan fingerprint density at radius 1 is 1.08 bits per heavy atom. The third-order valence-electron chi connectivity index (χ3n) is 7.31. The second kappa shape index (κ2) is 11.1. The first kappa shape index (κ1) is 25.5. The number of rotatable bonds is 6. The lowest BCUT2D eigenvalue weighted by atomic mass is 9.89. The summed E-state index contributed by atoms with van der Waals surface area (Å²) >= 11 is 8.11. The quantitative estimate of drug-likeness (QED) is 0.261. The first-order valence-electron chi connectivity index (χ1n) is 12.5. The highest BCUT2D eigenvalue weighted by Crippen LogP contribution is 2.38. The van der Waals surface area contributed by atoms with E-state index >= 15 is 4.39 Å². The van der Waals surface area contributed by atoms with Gasteiger partial charge in [-0.25, -0.2) is 4.39 Å². The molecule has 4 aromatic rings. The van der Waals surface area contributed by atoms with Crippen molar-refractivity contribution in [3.05, 3.63) is 93.6 Å². The molecule has 1 aliphatic carbocycles. The summed E-state index contributed by atoms with van der Waals surface area (Å²) in [6.45, 7) is 0.181. The second-order valence-corrected chi connectivity index (χ2v) is 10.9. The minimum Gasteiger partial charge on any atom is -0.330 e. The zero-order valence-electron chi connectivity index (χ0n) is 20.6. The fourth-order valence-corrected chi connectivity index (χ4v) is 6.61.